The Bertz CT molecular complexity index is 322. The minimum absolute atomic E-state index is 0.0187. The Labute approximate surface area is 94.9 Å². The van der Waals surface area contributed by atoms with Crippen LogP contribution in [-0.4, -0.2) is 11.1 Å². The van der Waals surface area contributed by atoms with E-state index in [1.807, 2.05) is 44.2 Å². The average Bonchev–Trinajstić information content (AvgIpc) is 2.18. The number of carbonyl (C=O) groups is 1. The Kier molecular flexibility index (Phi) is 4.15. The lowest BCUT2D eigenvalue weighted by Crippen LogP contribution is -2.24. The number of carboxylic acids is 1. The van der Waals surface area contributed by atoms with Crippen LogP contribution in [0.3, 0.4) is 0 Å². The van der Waals surface area contributed by atoms with Crippen LogP contribution in [0.15, 0.2) is 30.3 Å². The van der Waals surface area contributed by atoms with Crippen LogP contribution >= 0.6 is 11.6 Å². The van der Waals surface area contributed by atoms with Gasteiger partial charge < -0.3 is 5.11 Å². The predicted octanol–water partition coefficient (Wildman–Crippen LogP) is 3.32. The molecule has 15 heavy (non-hydrogen) atoms. The standard InChI is InChI=1S/C12H15ClO2/c1-8(2)10(12(14)15)11(13)9-6-4-3-5-7-9/h3-8,10-11H,1-2H3,(H,14,15). The summed E-state index contributed by atoms with van der Waals surface area (Å²) in [4.78, 5) is 11.1. The molecule has 0 amide bonds. The van der Waals surface area contributed by atoms with Crippen molar-refractivity contribution in [3.8, 4) is 0 Å². The first-order chi connectivity index (χ1) is 7.04. The molecule has 0 aliphatic rings. The van der Waals surface area contributed by atoms with Crippen molar-refractivity contribution in [2.45, 2.75) is 19.2 Å². The molecule has 0 bridgehead atoms. The molecule has 0 saturated heterocycles. The van der Waals surface area contributed by atoms with Crippen molar-refractivity contribution < 1.29 is 9.90 Å². The van der Waals surface area contributed by atoms with Gasteiger partial charge in [-0.2, -0.15) is 0 Å². The first-order valence-corrected chi connectivity index (χ1v) is 5.39. The van der Waals surface area contributed by atoms with Crippen molar-refractivity contribution in [1.29, 1.82) is 0 Å². The van der Waals surface area contributed by atoms with Gasteiger partial charge in [-0.1, -0.05) is 44.2 Å². The number of carboxylic acid groups (broad SMARTS) is 1. The molecule has 0 fully saturated rings. The van der Waals surface area contributed by atoms with E-state index >= 15 is 0 Å². The molecule has 3 heteroatoms. The fraction of sp³-hybridized carbons (Fsp3) is 0.417. The maximum Gasteiger partial charge on any atom is 0.308 e. The van der Waals surface area contributed by atoms with Crippen molar-refractivity contribution in [1.82, 2.24) is 0 Å². The molecular weight excluding hydrogens is 212 g/mol. The zero-order chi connectivity index (χ0) is 11.4. The quantitative estimate of drug-likeness (QED) is 0.800. The minimum atomic E-state index is -0.839. The second-order valence-electron chi connectivity index (χ2n) is 3.92. The molecule has 2 nitrogen and oxygen atoms in total. The first-order valence-electron chi connectivity index (χ1n) is 4.96. The van der Waals surface area contributed by atoms with E-state index in [-0.39, 0.29) is 5.92 Å². The summed E-state index contributed by atoms with van der Waals surface area (Å²) in [6.45, 7) is 3.74. The smallest absolute Gasteiger partial charge is 0.308 e. The fourth-order valence-electron chi connectivity index (χ4n) is 1.59. The summed E-state index contributed by atoms with van der Waals surface area (Å²) >= 11 is 6.18. The minimum Gasteiger partial charge on any atom is -0.481 e. The Morgan fingerprint density at radius 2 is 1.80 bits per heavy atom. The van der Waals surface area contributed by atoms with Crippen molar-refractivity contribution in [2.24, 2.45) is 11.8 Å². The number of hydrogen-bond donors (Lipinski definition) is 1. The van der Waals surface area contributed by atoms with E-state index in [0.29, 0.717) is 0 Å². The summed E-state index contributed by atoms with van der Waals surface area (Å²) in [5.41, 5.74) is 0.861. The van der Waals surface area contributed by atoms with Gasteiger partial charge in [0.25, 0.3) is 0 Å². The average molecular weight is 227 g/mol. The molecule has 0 aliphatic heterocycles. The van der Waals surface area contributed by atoms with Gasteiger partial charge in [0.1, 0.15) is 0 Å². The maximum absolute atomic E-state index is 11.1. The van der Waals surface area contributed by atoms with E-state index in [1.54, 1.807) is 0 Å². The van der Waals surface area contributed by atoms with Gasteiger partial charge in [0, 0.05) is 0 Å². The number of aliphatic carboxylic acids is 1. The highest BCUT2D eigenvalue weighted by molar-refractivity contribution is 6.22. The third-order valence-electron chi connectivity index (χ3n) is 2.44. The monoisotopic (exact) mass is 226 g/mol. The van der Waals surface area contributed by atoms with E-state index in [0.717, 1.165) is 5.56 Å². The predicted molar refractivity (Wildman–Crippen MR) is 61.0 cm³/mol. The van der Waals surface area contributed by atoms with E-state index in [4.69, 9.17) is 16.7 Å². The van der Waals surface area contributed by atoms with E-state index < -0.39 is 17.3 Å². The number of alkyl halides is 1. The third kappa shape index (κ3) is 2.96. The molecule has 0 radical (unpaired) electrons. The van der Waals surface area contributed by atoms with E-state index in [1.165, 1.54) is 0 Å². The number of rotatable bonds is 4. The fourth-order valence-corrected chi connectivity index (χ4v) is 2.14. The van der Waals surface area contributed by atoms with Crippen LogP contribution in [0.25, 0.3) is 0 Å². The molecular formula is C12H15ClO2. The molecule has 0 spiro atoms. The topological polar surface area (TPSA) is 37.3 Å². The van der Waals surface area contributed by atoms with Gasteiger partial charge in [-0.15, -0.1) is 11.6 Å². The lowest BCUT2D eigenvalue weighted by Gasteiger charge is -2.21. The first kappa shape index (κ1) is 12.1. The van der Waals surface area contributed by atoms with Crippen molar-refractivity contribution in [2.75, 3.05) is 0 Å². The summed E-state index contributed by atoms with van der Waals surface area (Å²) in [7, 11) is 0. The van der Waals surface area contributed by atoms with Gasteiger partial charge in [0.15, 0.2) is 0 Å². The Hall–Kier alpha value is -1.02. The van der Waals surface area contributed by atoms with Gasteiger partial charge in [-0.05, 0) is 11.5 Å². The van der Waals surface area contributed by atoms with Crippen molar-refractivity contribution >= 4 is 17.6 Å². The third-order valence-corrected chi connectivity index (χ3v) is 2.96. The highest BCUT2D eigenvalue weighted by Gasteiger charge is 2.30. The number of halogens is 1. The molecule has 1 aromatic rings. The molecule has 0 aromatic heterocycles. The Morgan fingerprint density at radius 3 is 2.20 bits per heavy atom. The summed E-state index contributed by atoms with van der Waals surface area (Å²) in [6, 6.07) is 9.33. The molecule has 2 unspecified atom stereocenters. The van der Waals surface area contributed by atoms with Crippen LogP contribution in [-0.2, 0) is 4.79 Å². The number of benzene rings is 1. The molecule has 1 rings (SSSR count). The molecule has 82 valence electrons. The number of hydrogen-bond acceptors (Lipinski definition) is 1. The molecule has 1 N–H and O–H groups in total. The maximum atomic E-state index is 11.1. The van der Waals surface area contributed by atoms with E-state index in [9.17, 15) is 4.79 Å². The summed E-state index contributed by atoms with van der Waals surface area (Å²) < 4.78 is 0. The lowest BCUT2D eigenvalue weighted by molar-refractivity contribution is -0.143. The van der Waals surface area contributed by atoms with Gasteiger partial charge >= 0.3 is 5.97 Å². The van der Waals surface area contributed by atoms with Crippen LogP contribution in [0.1, 0.15) is 24.8 Å². The van der Waals surface area contributed by atoms with Crippen LogP contribution < -0.4 is 0 Å². The van der Waals surface area contributed by atoms with Gasteiger partial charge in [-0.25, -0.2) is 0 Å². The van der Waals surface area contributed by atoms with Crippen molar-refractivity contribution in [3.05, 3.63) is 35.9 Å². The van der Waals surface area contributed by atoms with Gasteiger partial charge in [0.05, 0.1) is 11.3 Å². The lowest BCUT2D eigenvalue weighted by atomic mass is 9.89. The van der Waals surface area contributed by atoms with Crippen LogP contribution in [0.4, 0.5) is 0 Å². The SMILES string of the molecule is CC(C)C(C(=O)O)C(Cl)c1ccccc1. The second-order valence-corrected chi connectivity index (χ2v) is 4.39. The highest BCUT2D eigenvalue weighted by atomic mass is 35.5. The summed E-state index contributed by atoms with van der Waals surface area (Å²) in [5.74, 6) is -1.37. The van der Waals surface area contributed by atoms with Gasteiger partial charge in [-0.3, -0.25) is 4.79 Å². The zero-order valence-corrected chi connectivity index (χ0v) is 9.61. The molecule has 0 aliphatic carbocycles. The Morgan fingerprint density at radius 1 is 1.27 bits per heavy atom. The zero-order valence-electron chi connectivity index (χ0n) is 8.85. The second kappa shape index (κ2) is 5.17. The Balaban J connectivity index is 2.91. The molecule has 0 saturated carbocycles. The summed E-state index contributed by atoms with van der Waals surface area (Å²) in [6.07, 6.45) is 0. The van der Waals surface area contributed by atoms with Crippen LogP contribution in [0, 0.1) is 11.8 Å². The summed E-state index contributed by atoms with van der Waals surface area (Å²) in [5, 5.41) is 8.62. The van der Waals surface area contributed by atoms with Gasteiger partial charge in [0.2, 0.25) is 0 Å². The van der Waals surface area contributed by atoms with Crippen LogP contribution in [0.2, 0.25) is 0 Å². The molecule has 2 atom stereocenters. The highest BCUT2D eigenvalue weighted by Crippen LogP contribution is 2.33. The van der Waals surface area contributed by atoms with Crippen molar-refractivity contribution in [3.63, 3.8) is 0 Å². The normalized spacial score (nSPS) is 14.9. The molecule has 1 aromatic carbocycles. The van der Waals surface area contributed by atoms with Crippen LogP contribution in [0.5, 0.6) is 0 Å². The molecule has 0 heterocycles. The van der Waals surface area contributed by atoms with E-state index in [2.05, 4.69) is 0 Å². The largest absolute Gasteiger partial charge is 0.481 e.